The average Bonchev–Trinajstić information content (AvgIpc) is 2.96. The minimum Gasteiger partial charge on any atom is -0.469 e. The Kier molecular flexibility index (Phi) is 6.60. The van der Waals surface area contributed by atoms with Crippen LogP contribution in [0.5, 0.6) is 0 Å². The summed E-state index contributed by atoms with van der Waals surface area (Å²) in [6, 6.07) is 0. The number of sulfonamides is 1. The minimum atomic E-state index is -3.71. The monoisotopic (exact) mass is 320 g/mol. The second-order valence-electron chi connectivity index (χ2n) is 5.03. The van der Waals surface area contributed by atoms with Gasteiger partial charge in [-0.1, -0.05) is 6.42 Å². The van der Waals surface area contributed by atoms with Crippen molar-refractivity contribution in [3.63, 3.8) is 0 Å². The Balaban J connectivity index is 2.69. The number of likely N-dealkylation sites (N-methyl/N-ethyl adjacent to an activating group) is 1. The van der Waals surface area contributed by atoms with E-state index in [2.05, 4.69) is 9.46 Å². The molecule has 122 valence electrons. The number of nitrogens with one attached hydrogen (secondary N) is 1. The van der Waals surface area contributed by atoms with Gasteiger partial charge in [0, 0.05) is 13.1 Å². The zero-order valence-corrected chi connectivity index (χ0v) is 13.6. The molecule has 0 aromatic carbocycles. The Morgan fingerprint density at radius 2 is 1.86 bits per heavy atom. The topological polar surface area (TPSA) is 92.8 Å². The van der Waals surface area contributed by atoms with Gasteiger partial charge in [-0.3, -0.25) is 9.59 Å². The van der Waals surface area contributed by atoms with Crippen molar-refractivity contribution in [1.29, 1.82) is 0 Å². The van der Waals surface area contributed by atoms with Gasteiger partial charge in [-0.25, -0.2) is 13.1 Å². The van der Waals surface area contributed by atoms with Crippen LogP contribution >= 0.6 is 0 Å². The van der Waals surface area contributed by atoms with Crippen LogP contribution < -0.4 is 4.72 Å². The Morgan fingerprint density at radius 3 is 2.38 bits per heavy atom. The lowest BCUT2D eigenvalue weighted by Crippen LogP contribution is -2.45. The number of esters is 1. The van der Waals surface area contributed by atoms with Crippen molar-refractivity contribution in [3.05, 3.63) is 0 Å². The molecule has 2 unspecified atom stereocenters. The number of methoxy groups -OCH3 is 1. The van der Waals surface area contributed by atoms with Gasteiger partial charge in [-0.2, -0.15) is 0 Å². The first kappa shape index (κ1) is 17.9. The van der Waals surface area contributed by atoms with Gasteiger partial charge in [0.05, 0.1) is 24.8 Å². The number of amides is 1. The smallest absolute Gasteiger partial charge is 0.310 e. The fraction of sp³-hybridized carbons (Fsp3) is 0.846. The average molecular weight is 320 g/mol. The van der Waals surface area contributed by atoms with Crippen molar-refractivity contribution >= 4 is 21.9 Å². The fourth-order valence-electron chi connectivity index (χ4n) is 2.68. The van der Waals surface area contributed by atoms with Gasteiger partial charge in [0.1, 0.15) is 0 Å². The van der Waals surface area contributed by atoms with Crippen molar-refractivity contribution in [2.75, 3.05) is 26.7 Å². The lowest BCUT2D eigenvalue weighted by atomic mass is 10.1. The van der Waals surface area contributed by atoms with E-state index in [9.17, 15) is 18.0 Å². The molecule has 0 aromatic rings. The molecule has 0 spiro atoms. The highest BCUT2D eigenvalue weighted by molar-refractivity contribution is 7.90. The van der Waals surface area contributed by atoms with E-state index < -0.39 is 27.2 Å². The van der Waals surface area contributed by atoms with Crippen LogP contribution in [0.15, 0.2) is 0 Å². The van der Waals surface area contributed by atoms with Gasteiger partial charge in [0.2, 0.25) is 15.9 Å². The molecule has 1 fully saturated rings. The van der Waals surface area contributed by atoms with Crippen molar-refractivity contribution < 1.29 is 22.7 Å². The third kappa shape index (κ3) is 4.41. The molecule has 7 nitrogen and oxygen atoms in total. The van der Waals surface area contributed by atoms with Gasteiger partial charge >= 0.3 is 5.97 Å². The molecule has 2 atom stereocenters. The summed E-state index contributed by atoms with van der Waals surface area (Å²) in [4.78, 5) is 25.0. The van der Waals surface area contributed by atoms with Gasteiger partial charge in [-0.05, 0) is 26.7 Å². The summed E-state index contributed by atoms with van der Waals surface area (Å²) in [5, 5.41) is -0.811. The summed E-state index contributed by atoms with van der Waals surface area (Å²) in [7, 11) is -2.46. The van der Waals surface area contributed by atoms with Crippen LogP contribution in [0.3, 0.4) is 0 Å². The lowest BCUT2D eigenvalue weighted by Gasteiger charge is -2.21. The Morgan fingerprint density at radius 1 is 1.24 bits per heavy atom. The summed E-state index contributed by atoms with van der Waals surface area (Å²) in [5.74, 6) is -1.41. The standard InChI is InChI=1S/C13H24N2O5S/c1-4-15(5-2)12(16)9-14-21(18,19)11-8-6-7-10(11)13(17)20-3/h10-11,14H,4-9H2,1-3H3. The molecule has 1 aliphatic rings. The Bertz CT molecular complexity index is 473. The van der Waals surface area contributed by atoms with Gasteiger partial charge in [0.15, 0.2) is 0 Å². The van der Waals surface area contributed by atoms with E-state index in [4.69, 9.17) is 0 Å². The van der Waals surface area contributed by atoms with Crippen molar-refractivity contribution in [2.45, 2.75) is 38.4 Å². The molecule has 0 radical (unpaired) electrons. The molecule has 1 aliphatic carbocycles. The number of hydrogen-bond donors (Lipinski definition) is 1. The number of nitrogens with zero attached hydrogens (tertiary/aromatic N) is 1. The highest BCUT2D eigenvalue weighted by Gasteiger charge is 2.42. The van der Waals surface area contributed by atoms with Crippen LogP contribution in [-0.2, 0) is 24.3 Å². The summed E-state index contributed by atoms with van der Waals surface area (Å²) in [6.07, 6.45) is 1.58. The highest BCUT2D eigenvalue weighted by Crippen LogP contribution is 2.31. The fourth-order valence-corrected chi connectivity index (χ4v) is 4.37. The second kappa shape index (κ2) is 7.74. The molecule has 1 N–H and O–H groups in total. The van der Waals surface area contributed by atoms with E-state index in [0.29, 0.717) is 32.4 Å². The van der Waals surface area contributed by atoms with Crippen LogP contribution in [0.2, 0.25) is 0 Å². The predicted molar refractivity (Wildman–Crippen MR) is 78.0 cm³/mol. The molecule has 0 aliphatic heterocycles. The minimum absolute atomic E-state index is 0.267. The third-order valence-corrected chi connectivity index (χ3v) is 5.80. The SMILES string of the molecule is CCN(CC)C(=O)CNS(=O)(=O)C1CCCC1C(=O)OC. The molecular formula is C13H24N2O5S. The normalized spacial score (nSPS) is 22.0. The maximum atomic E-state index is 12.3. The number of hydrogen-bond acceptors (Lipinski definition) is 5. The lowest BCUT2D eigenvalue weighted by molar-refractivity contribution is -0.145. The third-order valence-electron chi connectivity index (χ3n) is 3.90. The molecule has 8 heteroatoms. The maximum Gasteiger partial charge on any atom is 0.310 e. The molecule has 21 heavy (non-hydrogen) atoms. The summed E-state index contributed by atoms with van der Waals surface area (Å²) >= 11 is 0. The maximum absolute atomic E-state index is 12.3. The summed E-state index contributed by atoms with van der Waals surface area (Å²) in [6.45, 7) is 4.46. The first-order chi connectivity index (χ1) is 9.87. The molecular weight excluding hydrogens is 296 g/mol. The van der Waals surface area contributed by atoms with Crippen molar-refractivity contribution in [2.24, 2.45) is 5.92 Å². The van der Waals surface area contributed by atoms with Gasteiger partial charge < -0.3 is 9.64 Å². The van der Waals surface area contributed by atoms with E-state index in [1.807, 2.05) is 13.8 Å². The van der Waals surface area contributed by atoms with E-state index in [1.165, 1.54) is 7.11 Å². The quantitative estimate of drug-likeness (QED) is 0.672. The second-order valence-corrected chi connectivity index (χ2v) is 7.02. The zero-order chi connectivity index (χ0) is 16.0. The van der Waals surface area contributed by atoms with E-state index >= 15 is 0 Å². The van der Waals surface area contributed by atoms with Gasteiger partial charge in [0.25, 0.3) is 0 Å². The summed E-state index contributed by atoms with van der Waals surface area (Å²) in [5.41, 5.74) is 0. The Labute approximate surface area is 126 Å². The molecule has 0 saturated heterocycles. The number of rotatable bonds is 7. The van der Waals surface area contributed by atoms with Crippen LogP contribution in [0.4, 0.5) is 0 Å². The highest BCUT2D eigenvalue weighted by atomic mass is 32.2. The molecule has 1 saturated carbocycles. The van der Waals surface area contributed by atoms with Crippen LogP contribution in [-0.4, -0.2) is 57.2 Å². The first-order valence-corrected chi connectivity index (χ1v) is 8.76. The molecule has 1 rings (SSSR count). The van der Waals surface area contributed by atoms with Crippen LogP contribution in [0.1, 0.15) is 33.1 Å². The van der Waals surface area contributed by atoms with E-state index in [-0.39, 0.29) is 12.5 Å². The largest absolute Gasteiger partial charge is 0.469 e. The van der Waals surface area contributed by atoms with Gasteiger partial charge in [-0.15, -0.1) is 0 Å². The Hall–Kier alpha value is -1.15. The van der Waals surface area contributed by atoms with Crippen LogP contribution in [0.25, 0.3) is 0 Å². The first-order valence-electron chi connectivity index (χ1n) is 7.21. The number of ether oxygens (including phenoxy) is 1. The zero-order valence-electron chi connectivity index (χ0n) is 12.8. The number of carbonyl (C=O) groups excluding carboxylic acids is 2. The van der Waals surface area contributed by atoms with Crippen molar-refractivity contribution in [1.82, 2.24) is 9.62 Å². The number of carbonyl (C=O) groups is 2. The molecule has 0 heterocycles. The summed E-state index contributed by atoms with van der Waals surface area (Å²) < 4.78 is 31.5. The van der Waals surface area contributed by atoms with Crippen molar-refractivity contribution in [3.8, 4) is 0 Å². The van der Waals surface area contributed by atoms with E-state index in [0.717, 1.165) is 0 Å². The molecule has 0 bridgehead atoms. The predicted octanol–water partition coefficient (Wildman–Crippen LogP) is 0.116. The van der Waals surface area contributed by atoms with E-state index in [1.54, 1.807) is 4.90 Å². The van der Waals surface area contributed by atoms with Crippen LogP contribution in [0, 0.1) is 5.92 Å². The molecule has 0 aromatic heterocycles. The molecule has 1 amide bonds.